The lowest BCUT2D eigenvalue weighted by atomic mass is 9.99. The van der Waals surface area contributed by atoms with Crippen molar-refractivity contribution < 1.29 is 19.4 Å². The van der Waals surface area contributed by atoms with Crippen molar-refractivity contribution in [3.63, 3.8) is 0 Å². The lowest BCUT2D eigenvalue weighted by Gasteiger charge is -2.22. The Hall–Kier alpha value is -2.04. The summed E-state index contributed by atoms with van der Waals surface area (Å²) in [6.45, 7) is 9.52. The van der Waals surface area contributed by atoms with Gasteiger partial charge < -0.3 is 15.2 Å². The second kappa shape index (κ2) is 7.29. The molecule has 1 aromatic carbocycles. The number of nitrogens with one attached hydrogen (secondary N) is 1. The Balaban J connectivity index is 2.79. The molecule has 5 nitrogen and oxygen atoms in total. The third-order valence-electron chi connectivity index (χ3n) is 3.31. The summed E-state index contributed by atoms with van der Waals surface area (Å²) < 4.78 is 5.69. The first-order valence-electron chi connectivity index (χ1n) is 7.46. The lowest BCUT2D eigenvalue weighted by Crippen LogP contribution is -2.45. The van der Waals surface area contributed by atoms with Crippen LogP contribution in [0.4, 0.5) is 0 Å². The van der Waals surface area contributed by atoms with Crippen LogP contribution >= 0.6 is 0 Å². The molecule has 122 valence electrons. The Bertz CT molecular complexity index is 516. The van der Waals surface area contributed by atoms with Gasteiger partial charge in [-0.3, -0.25) is 4.79 Å². The molecule has 0 bridgehead atoms. The van der Waals surface area contributed by atoms with Crippen molar-refractivity contribution in [3.05, 3.63) is 29.8 Å². The van der Waals surface area contributed by atoms with E-state index in [-0.39, 0.29) is 11.5 Å². The molecule has 0 aromatic heterocycles. The van der Waals surface area contributed by atoms with E-state index < -0.39 is 17.9 Å². The molecule has 0 fully saturated rings. The zero-order chi connectivity index (χ0) is 16.9. The van der Waals surface area contributed by atoms with Gasteiger partial charge in [0.25, 0.3) is 5.91 Å². The minimum atomic E-state index is -1.02. The predicted molar refractivity (Wildman–Crippen MR) is 85.2 cm³/mol. The number of amides is 1. The lowest BCUT2D eigenvalue weighted by molar-refractivity contribution is -0.140. The summed E-state index contributed by atoms with van der Waals surface area (Å²) in [5, 5.41) is 11.8. The van der Waals surface area contributed by atoms with Gasteiger partial charge in [0.15, 0.2) is 0 Å². The number of carbonyl (C=O) groups excluding carboxylic acids is 1. The van der Waals surface area contributed by atoms with Crippen LogP contribution in [0.3, 0.4) is 0 Å². The molecule has 2 N–H and O–H groups in total. The number of carbonyl (C=O) groups is 2. The molecule has 0 saturated carbocycles. The fourth-order valence-electron chi connectivity index (χ4n) is 1.94. The van der Waals surface area contributed by atoms with Crippen LogP contribution in [-0.4, -0.2) is 28.6 Å². The van der Waals surface area contributed by atoms with Gasteiger partial charge in [0.2, 0.25) is 0 Å². The Labute approximate surface area is 131 Å². The van der Waals surface area contributed by atoms with Crippen molar-refractivity contribution in [1.29, 1.82) is 0 Å². The van der Waals surface area contributed by atoms with Crippen LogP contribution in [-0.2, 0) is 4.79 Å². The number of hydrogen-bond acceptors (Lipinski definition) is 3. The third-order valence-corrected chi connectivity index (χ3v) is 3.31. The van der Waals surface area contributed by atoms with E-state index in [4.69, 9.17) is 4.74 Å². The minimum absolute atomic E-state index is 0.134. The maximum absolute atomic E-state index is 12.2. The van der Waals surface area contributed by atoms with Gasteiger partial charge in [0, 0.05) is 5.56 Å². The minimum Gasteiger partial charge on any atom is -0.488 e. The fraction of sp³-hybridized carbons (Fsp3) is 0.529. The van der Waals surface area contributed by atoms with Gasteiger partial charge >= 0.3 is 5.97 Å². The first-order chi connectivity index (χ1) is 10.1. The van der Waals surface area contributed by atoms with Crippen LogP contribution in [0.2, 0.25) is 0 Å². The average Bonchev–Trinajstić information content (AvgIpc) is 2.42. The molecule has 0 heterocycles. The molecule has 0 aliphatic carbocycles. The van der Waals surface area contributed by atoms with Crippen LogP contribution < -0.4 is 10.1 Å². The predicted octanol–water partition coefficient (Wildman–Crippen LogP) is 3.09. The smallest absolute Gasteiger partial charge is 0.326 e. The summed E-state index contributed by atoms with van der Waals surface area (Å²) in [6, 6.07) is 5.79. The van der Waals surface area contributed by atoms with E-state index in [0.717, 1.165) is 0 Å². The van der Waals surface area contributed by atoms with Crippen LogP contribution in [0.1, 0.15) is 51.4 Å². The van der Waals surface area contributed by atoms with E-state index in [1.54, 1.807) is 31.2 Å². The average molecular weight is 307 g/mol. The molecule has 5 heteroatoms. The normalized spacial score (nSPS) is 14.0. The summed E-state index contributed by atoms with van der Waals surface area (Å²) in [5.41, 5.74) is 0.102. The molecule has 1 amide bonds. The fourth-order valence-corrected chi connectivity index (χ4v) is 1.94. The second-order valence-electron chi connectivity index (χ2n) is 6.41. The molecule has 2 unspecified atom stereocenters. The van der Waals surface area contributed by atoms with E-state index in [9.17, 15) is 14.7 Å². The number of rotatable bonds is 6. The Morgan fingerprint density at radius 2 is 1.77 bits per heavy atom. The molecular formula is C17H25NO4. The molecule has 0 aliphatic rings. The maximum Gasteiger partial charge on any atom is 0.326 e. The van der Waals surface area contributed by atoms with E-state index in [1.807, 2.05) is 27.7 Å². The van der Waals surface area contributed by atoms with Gasteiger partial charge in [-0.05, 0) is 51.0 Å². The zero-order valence-electron chi connectivity index (χ0n) is 13.8. The van der Waals surface area contributed by atoms with Crippen LogP contribution in [0.15, 0.2) is 24.3 Å². The molecule has 0 radical (unpaired) electrons. The van der Waals surface area contributed by atoms with Crippen molar-refractivity contribution >= 4 is 11.9 Å². The standard InChI is InChI=1S/C17H25NO4/c1-6-11(2)14(16(20)21)18-15(19)12-7-9-13(10-8-12)22-17(3,4)5/h7-11,14H,6H2,1-5H3,(H,18,19)(H,20,21). The topological polar surface area (TPSA) is 75.6 Å². The van der Waals surface area contributed by atoms with Crippen molar-refractivity contribution in [2.75, 3.05) is 0 Å². The van der Waals surface area contributed by atoms with Crippen LogP contribution in [0.25, 0.3) is 0 Å². The number of benzene rings is 1. The van der Waals surface area contributed by atoms with Crippen molar-refractivity contribution in [1.82, 2.24) is 5.32 Å². The molecular weight excluding hydrogens is 282 g/mol. The van der Waals surface area contributed by atoms with Crippen LogP contribution in [0.5, 0.6) is 5.75 Å². The first-order valence-corrected chi connectivity index (χ1v) is 7.46. The molecule has 1 aromatic rings. The van der Waals surface area contributed by atoms with Gasteiger partial charge in [-0.1, -0.05) is 20.3 Å². The van der Waals surface area contributed by atoms with Crippen molar-refractivity contribution in [3.8, 4) is 5.75 Å². The molecule has 0 aliphatic heterocycles. The highest BCUT2D eigenvalue weighted by molar-refractivity contribution is 5.96. The first kappa shape index (κ1) is 18.0. The van der Waals surface area contributed by atoms with Gasteiger partial charge in [0.1, 0.15) is 17.4 Å². The monoisotopic (exact) mass is 307 g/mol. The van der Waals surface area contributed by atoms with E-state index in [1.165, 1.54) is 0 Å². The maximum atomic E-state index is 12.2. The third kappa shape index (κ3) is 5.39. The van der Waals surface area contributed by atoms with E-state index in [2.05, 4.69) is 5.32 Å². The van der Waals surface area contributed by atoms with Gasteiger partial charge in [0.05, 0.1) is 0 Å². The van der Waals surface area contributed by atoms with Gasteiger partial charge in [-0.15, -0.1) is 0 Å². The van der Waals surface area contributed by atoms with E-state index in [0.29, 0.717) is 17.7 Å². The zero-order valence-corrected chi connectivity index (χ0v) is 13.8. The number of carboxylic acid groups (broad SMARTS) is 1. The molecule has 0 spiro atoms. The largest absolute Gasteiger partial charge is 0.488 e. The van der Waals surface area contributed by atoms with E-state index >= 15 is 0 Å². The Morgan fingerprint density at radius 1 is 1.23 bits per heavy atom. The number of ether oxygens (including phenoxy) is 1. The van der Waals surface area contributed by atoms with Crippen molar-refractivity contribution in [2.45, 2.75) is 52.7 Å². The molecule has 2 atom stereocenters. The highest BCUT2D eigenvalue weighted by Gasteiger charge is 2.25. The summed E-state index contributed by atoms with van der Waals surface area (Å²) in [4.78, 5) is 23.4. The van der Waals surface area contributed by atoms with Gasteiger partial charge in [-0.25, -0.2) is 4.79 Å². The van der Waals surface area contributed by atoms with Crippen molar-refractivity contribution in [2.24, 2.45) is 5.92 Å². The Kier molecular flexibility index (Phi) is 5.97. The highest BCUT2D eigenvalue weighted by atomic mass is 16.5. The summed E-state index contributed by atoms with van der Waals surface area (Å²) in [5.74, 6) is -0.879. The highest BCUT2D eigenvalue weighted by Crippen LogP contribution is 2.18. The van der Waals surface area contributed by atoms with Gasteiger partial charge in [-0.2, -0.15) is 0 Å². The summed E-state index contributed by atoms with van der Waals surface area (Å²) in [6.07, 6.45) is 0.676. The molecule has 0 saturated heterocycles. The number of hydrogen-bond donors (Lipinski definition) is 2. The Morgan fingerprint density at radius 3 is 2.18 bits per heavy atom. The molecule has 1 rings (SSSR count). The SMILES string of the molecule is CCC(C)C(NC(=O)c1ccc(OC(C)(C)C)cc1)C(=O)O. The second-order valence-corrected chi connectivity index (χ2v) is 6.41. The van der Waals surface area contributed by atoms with Crippen LogP contribution in [0, 0.1) is 5.92 Å². The number of aliphatic carboxylic acids is 1. The molecule has 22 heavy (non-hydrogen) atoms. The quantitative estimate of drug-likeness (QED) is 0.847. The summed E-state index contributed by atoms with van der Waals surface area (Å²) in [7, 11) is 0. The summed E-state index contributed by atoms with van der Waals surface area (Å²) >= 11 is 0. The number of carboxylic acids is 1.